The number of para-hydroxylation sites is 1. The van der Waals surface area contributed by atoms with Crippen molar-refractivity contribution >= 4 is 34.1 Å². The van der Waals surface area contributed by atoms with Crippen molar-refractivity contribution in [1.29, 1.82) is 0 Å². The lowest BCUT2D eigenvalue weighted by Crippen LogP contribution is -2.27. The van der Waals surface area contributed by atoms with Gasteiger partial charge >= 0.3 is 0 Å². The number of rotatable bonds is 6. The Balaban J connectivity index is 1.51. The average molecular weight is 454 g/mol. The molecule has 0 saturated carbocycles. The van der Waals surface area contributed by atoms with Gasteiger partial charge in [0, 0.05) is 17.5 Å². The summed E-state index contributed by atoms with van der Waals surface area (Å²) in [5.74, 6) is -0.529. The Morgan fingerprint density at radius 2 is 1.87 bits per heavy atom. The Morgan fingerprint density at radius 1 is 1.13 bits per heavy atom. The van der Waals surface area contributed by atoms with Crippen LogP contribution < -0.4 is 10.7 Å². The zero-order valence-corrected chi connectivity index (χ0v) is 17.9. The molecule has 4 aromatic rings. The summed E-state index contributed by atoms with van der Waals surface area (Å²) in [7, 11) is 0. The summed E-state index contributed by atoms with van der Waals surface area (Å²) in [6.07, 6.45) is 0. The smallest absolute Gasteiger partial charge is 0.282 e. The van der Waals surface area contributed by atoms with E-state index in [2.05, 4.69) is 20.6 Å². The molecule has 1 N–H and O–H groups in total. The van der Waals surface area contributed by atoms with Gasteiger partial charge < -0.3 is 0 Å². The van der Waals surface area contributed by atoms with Gasteiger partial charge in [0.2, 0.25) is 10.6 Å². The van der Waals surface area contributed by atoms with Gasteiger partial charge in [-0.3, -0.25) is 14.9 Å². The second kappa shape index (κ2) is 9.19. The Bertz CT molecular complexity index is 1290. The molecular weight excluding hydrogens is 437 g/mol. The van der Waals surface area contributed by atoms with Crippen LogP contribution in [0.2, 0.25) is 0 Å². The number of nitrogens with zero attached hydrogens (tertiary/aromatic N) is 4. The molecule has 0 saturated heterocycles. The predicted octanol–water partition coefficient (Wildman–Crippen LogP) is 4.08. The van der Waals surface area contributed by atoms with E-state index in [1.807, 2.05) is 30.3 Å². The molecule has 0 atom stereocenters. The molecule has 0 radical (unpaired) electrons. The van der Waals surface area contributed by atoms with Crippen molar-refractivity contribution in [3.63, 3.8) is 0 Å². The van der Waals surface area contributed by atoms with Gasteiger partial charge in [0.1, 0.15) is 11.5 Å². The van der Waals surface area contributed by atoms with E-state index in [1.54, 1.807) is 19.1 Å². The van der Waals surface area contributed by atoms with Crippen LogP contribution in [0, 0.1) is 12.7 Å². The fraction of sp³-hybridized carbons (Fsp3) is 0.0952. The minimum Gasteiger partial charge on any atom is -0.295 e. The highest BCUT2D eigenvalue weighted by atomic mass is 32.2. The van der Waals surface area contributed by atoms with Crippen LogP contribution >= 0.6 is 23.1 Å². The van der Waals surface area contributed by atoms with Crippen molar-refractivity contribution in [3.8, 4) is 5.69 Å². The van der Waals surface area contributed by atoms with Crippen molar-refractivity contribution in [2.45, 2.75) is 17.0 Å². The van der Waals surface area contributed by atoms with E-state index in [4.69, 9.17) is 0 Å². The third kappa shape index (κ3) is 4.86. The van der Waals surface area contributed by atoms with E-state index in [0.717, 1.165) is 11.3 Å². The highest BCUT2D eigenvalue weighted by molar-refractivity contribution is 8.00. The number of amides is 1. The van der Waals surface area contributed by atoms with Gasteiger partial charge in [-0.25, -0.2) is 9.07 Å². The van der Waals surface area contributed by atoms with Crippen molar-refractivity contribution in [2.24, 2.45) is 0 Å². The number of aromatic nitrogens is 4. The zero-order valence-electron chi connectivity index (χ0n) is 16.3. The predicted molar refractivity (Wildman–Crippen MR) is 118 cm³/mol. The van der Waals surface area contributed by atoms with Gasteiger partial charge in [0.25, 0.3) is 5.91 Å². The van der Waals surface area contributed by atoms with Gasteiger partial charge in [0.15, 0.2) is 10.0 Å². The fourth-order valence-electron chi connectivity index (χ4n) is 2.77. The van der Waals surface area contributed by atoms with Crippen LogP contribution in [0.4, 0.5) is 9.52 Å². The maximum atomic E-state index is 14.2. The van der Waals surface area contributed by atoms with Crippen LogP contribution in [-0.4, -0.2) is 25.9 Å². The first-order valence-corrected chi connectivity index (χ1v) is 11.0. The van der Waals surface area contributed by atoms with Crippen LogP contribution in [0.3, 0.4) is 0 Å². The number of hydrogen-bond acceptors (Lipinski definition) is 7. The molecule has 0 unspecified atom stereocenters. The first kappa shape index (κ1) is 20.9. The van der Waals surface area contributed by atoms with Crippen LogP contribution in [0.5, 0.6) is 0 Å². The molecule has 2 aromatic carbocycles. The highest BCUT2D eigenvalue weighted by Crippen LogP contribution is 2.28. The van der Waals surface area contributed by atoms with Crippen LogP contribution in [-0.2, 0) is 5.75 Å². The average Bonchev–Trinajstić information content (AvgIpc) is 3.21. The Hall–Kier alpha value is -3.37. The Labute approximate surface area is 185 Å². The Morgan fingerprint density at radius 3 is 2.65 bits per heavy atom. The summed E-state index contributed by atoms with van der Waals surface area (Å²) >= 11 is 2.69. The number of halogens is 1. The van der Waals surface area contributed by atoms with Crippen LogP contribution in [0.15, 0.2) is 69.8 Å². The van der Waals surface area contributed by atoms with E-state index < -0.39 is 17.2 Å². The molecule has 0 fully saturated rings. The maximum Gasteiger partial charge on any atom is 0.282 e. The lowest BCUT2D eigenvalue weighted by Gasteiger charge is -2.11. The molecule has 0 aliphatic heterocycles. The molecule has 0 aliphatic carbocycles. The van der Waals surface area contributed by atoms with Gasteiger partial charge in [-0.1, -0.05) is 65.6 Å². The largest absolute Gasteiger partial charge is 0.295 e. The number of aryl methyl sites for hydroxylation is 1. The summed E-state index contributed by atoms with van der Waals surface area (Å²) in [6.45, 7) is 1.61. The third-order valence-corrected chi connectivity index (χ3v) is 6.28. The second-order valence-electron chi connectivity index (χ2n) is 6.46. The fourth-order valence-corrected chi connectivity index (χ4v) is 4.47. The summed E-state index contributed by atoms with van der Waals surface area (Å²) in [5, 5.41) is 14.9. The third-order valence-electron chi connectivity index (χ3n) is 4.24. The van der Waals surface area contributed by atoms with Crippen molar-refractivity contribution < 1.29 is 9.18 Å². The number of carbonyl (C=O) groups excluding carboxylic acids is 1. The zero-order chi connectivity index (χ0) is 21.8. The molecular formula is C21H16FN5O2S2. The minimum absolute atomic E-state index is 0.143. The first-order valence-electron chi connectivity index (χ1n) is 9.19. The number of benzene rings is 2. The molecule has 1 amide bonds. The first-order chi connectivity index (χ1) is 15.0. The number of hydrogen-bond donors (Lipinski definition) is 1. The van der Waals surface area contributed by atoms with Gasteiger partial charge in [-0.05, 0) is 24.6 Å². The van der Waals surface area contributed by atoms with Gasteiger partial charge in [-0.15, -0.1) is 10.2 Å². The van der Waals surface area contributed by atoms with Crippen molar-refractivity contribution in [1.82, 2.24) is 20.0 Å². The molecule has 7 nitrogen and oxygen atoms in total. The molecule has 31 heavy (non-hydrogen) atoms. The molecule has 0 aliphatic rings. The standard InChI is InChI=1S/C21H16FN5O2S2/c1-13-11-17(28)18(26-27(13)16-10-6-5-9-15(16)22)19(29)23-20-24-25-21(31-20)30-12-14-7-3-2-4-8-14/h2-11H,12H2,1H3,(H,23,24,29). The Kier molecular flexibility index (Phi) is 6.19. The van der Waals surface area contributed by atoms with Crippen LogP contribution in [0.1, 0.15) is 21.7 Å². The lowest BCUT2D eigenvalue weighted by molar-refractivity contribution is 0.101. The number of nitrogens with one attached hydrogen (secondary N) is 1. The SMILES string of the molecule is Cc1cc(=O)c(C(=O)Nc2nnc(SCc3ccccc3)s2)nn1-c1ccccc1F. The van der Waals surface area contributed by atoms with Crippen LogP contribution in [0.25, 0.3) is 5.69 Å². The topological polar surface area (TPSA) is 89.8 Å². The monoisotopic (exact) mass is 453 g/mol. The summed E-state index contributed by atoms with van der Waals surface area (Å²) < 4.78 is 16.1. The highest BCUT2D eigenvalue weighted by Gasteiger charge is 2.18. The molecule has 2 heterocycles. The molecule has 0 bridgehead atoms. The number of thioether (sulfide) groups is 1. The van der Waals surface area contributed by atoms with E-state index >= 15 is 0 Å². The van der Waals surface area contributed by atoms with E-state index in [9.17, 15) is 14.0 Å². The number of carbonyl (C=O) groups is 1. The van der Waals surface area contributed by atoms with E-state index in [0.29, 0.717) is 10.0 Å². The summed E-state index contributed by atoms with van der Waals surface area (Å²) in [4.78, 5) is 25.0. The second-order valence-corrected chi connectivity index (χ2v) is 8.66. The van der Waals surface area contributed by atoms with Gasteiger partial charge in [-0.2, -0.15) is 5.10 Å². The molecule has 0 spiro atoms. The molecule has 2 aromatic heterocycles. The quantitative estimate of drug-likeness (QED) is 0.350. The molecule has 4 rings (SSSR count). The van der Waals surface area contributed by atoms with E-state index in [1.165, 1.54) is 46.0 Å². The van der Waals surface area contributed by atoms with Crippen molar-refractivity contribution in [2.75, 3.05) is 5.32 Å². The molecule has 10 heteroatoms. The summed E-state index contributed by atoms with van der Waals surface area (Å²) in [5.41, 5.74) is 0.769. The summed E-state index contributed by atoms with van der Waals surface area (Å²) in [6, 6.07) is 17.1. The van der Waals surface area contributed by atoms with Crippen molar-refractivity contribution in [3.05, 3.63) is 93.7 Å². The minimum atomic E-state index is -0.731. The normalized spacial score (nSPS) is 10.8. The molecule has 156 valence electrons. The lowest BCUT2D eigenvalue weighted by atomic mass is 10.2. The maximum absolute atomic E-state index is 14.2. The van der Waals surface area contributed by atoms with Gasteiger partial charge in [0.05, 0.1) is 0 Å². The number of anilines is 1. The van der Waals surface area contributed by atoms with E-state index in [-0.39, 0.29) is 16.5 Å².